The maximum absolute atomic E-state index is 13.1. The number of methoxy groups -OCH3 is 1. The molecule has 8 atom stereocenters. The zero-order chi connectivity index (χ0) is 40.1. The van der Waals surface area contributed by atoms with Crippen molar-refractivity contribution in [3.05, 3.63) is 82.4 Å². The molecule has 0 aliphatic carbocycles. The Hall–Kier alpha value is -3.22. The van der Waals surface area contributed by atoms with Crippen molar-refractivity contribution in [2.75, 3.05) is 34.4 Å². The van der Waals surface area contributed by atoms with E-state index >= 15 is 0 Å². The monoisotopic (exact) mass is 764 g/mol. The number of carbonyl (C=O) groups is 1. The minimum Gasteiger partial charge on any atom is -0.456 e. The molecule has 11 nitrogen and oxygen atoms in total. The smallest absolute Gasteiger partial charge is 0.340 e. The summed E-state index contributed by atoms with van der Waals surface area (Å²) in [5.74, 6) is -1.55. The first-order valence-electron chi connectivity index (χ1n) is 19.2. The maximum Gasteiger partial charge on any atom is 0.340 e. The van der Waals surface area contributed by atoms with E-state index in [1.807, 2.05) is 21.0 Å². The van der Waals surface area contributed by atoms with Gasteiger partial charge in [-0.05, 0) is 67.6 Å². The van der Waals surface area contributed by atoms with Gasteiger partial charge < -0.3 is 33.0 Å². The highest BCUT2D eigenvalue weighted by Crippen LogP contribution is 2.42. The van der Waals surface area contributed by atoms with Gasteiger partial charge in [-0.15, -0.1) is 0 Å². The van der Waals surface area contributed by atoms with E-state index < -0.39 is 44.0 Å². The van der Waals surface area contributed by atoms with Gasteiger partial charge in [0.1, 0.15) is 5.76 Å². The van der Waals surface area contributed by atoms with Gasteiger partial charge in [-0.25, -0.2) is 4.79 Å². The minimum absolute atomic E-state index is 0.0237. The molecule has 2 aliphatic heterocycles. The number of esters is 1. The van der Waals surface area contributed by atoms with Crippen LogP contribution in [0.1, 0.15) is 82.1 Å². The van der Waals surface area contributed by atoms with Crippen molar-refractivity contribution in [1.82, 2.24) is 4.90 Å². The molecule has 2 aliphatic rings. The predicted molar refractivity (Wildman–Crippen MR) is 215 cm³/mol. The van der Waals surface area contributed by atoms with Crippen molar-refractivity contribution >= 4 is 24.7 Å². The Kier molecular flexibility index (Phi) is 14.3. The van der Waals surface area contributed by atoms with E-state index in [9.17, 15) is 4.79 Å². The van der Waals surface area contributed by atoms with Crippen LogP contribution in [-0.4, -0.2) is 89.5 Å². The summed E-state index contributed by atoms with van der Waals surface area (Å²) in [6.45, 7) is 21.1. The second kappa shape index (κ2) is 17.7. The maximum atomic E-state index is 13.1. The molecule has 0 spiro atoms. The molecular weight excluding hydrogens is 701 g/mol. The number of cyclic esters (lactones) is 1. The van der Waals surface area contributed by atoms with E-state index in [0.717, 1.165) is 0 Å². The van der Waals surface area contributed by atoms with Gasteiger partial charge in [-0.2, -0.15) is 0 Å². The average molecular weight is 765 g/mol. The molecule has 0 bridgehead atoms. The normalized spacial score (nSPS) is 24.8. The van der Waals surface area contributed by atoms with Gasteiger partial charge >= 0.3 is 5.97 Å². The fourth-order valence-corrected chi connectivity index (χ4v) is 13.2. The van der Waals surface area contributed by atoms with Crippen molar-refractivity contribution in [3.63, 3.8) is 0 Å². The minimum atomic E-state index is -2.80. The predicted octanol–water partition coefficient (Wildman–Crippen LogP) is 7.59. The average Bonchev–Trinajstić information content (AvgIpc) is 3.12. The standard InChI is InChI=1S/C42H64N4O7Si/c1-28(27-49-54(40(5,6)7,33-20-16-14-17-21-33)34-22-18-15-19-23-34)25-42(10,48-13)37(30(3)36-31(4)38(47)53-41(8,9)52-36)51-39-29(2)35(46(11)12)24-32(50-39)26-44-45-43/h14-23,28-30,32,35,37,39H,24-27H2,1-13H3/t28-,29-,30+,32+,35?,37-,39+,42-/m1/s1. The van der Waals surface area contributed by atoms with E-state index in [1.165, 1.54) is 10.4 Å². The first-order chi connectivity index (χ1) is 25.3. The van der Waals surface area contributed by atoms with Crippen LogP contribution in [0.2, 0.25) is 5.04 Å². The van der Waals surface area contributed by atoms with E-state index in [0.29, 0.717) is 30.8 Å². The third-order valence-corrected chi connectivity index (χ3v) is 16.2. The Labute approximate surface area is 324 Å². The van der Waals surface area contributed by atoms with Crippen LogP contribution < -0.4 is 10.4 Å². The fraction of sp³-hybridized carbons (Fsp3) is 0.643. The topological polar surface area (TPSA) is 124 Å². The third kappa shape index (κ3) is 9.59. The van der Waals surface area contributed by atoms with Crippen molar-refractivity contribution in [2.45, 2.75) is 123 Å². The van der Waals surface area contributed by atoms with Crippen LogP contribution in [0.5, 0.6) is 0 Å². The van der Waals surface area contributed by atoms with Gasteiger partial charge in [0.15, 0.2) is 6.29 Å². The van der Waals surface area contributed by atoms with Gasteiger partial charge in [0, 0.05) is 50.4 Å². The highest BCUT2D eigenvalue weighted by molar-refractivity contribution is 6.99. The SMILES string of the molecule is CO[C@](C)(C[C@@H](C)CO[Si](c1ccccc1)(c1ccccc1)C(C)(C)C)[C@H](O[C@@H]1O[C@H](CN=[N+]=[N-])CC(N(C)C)[C@H]1C)[C@@H](C)C1=C(C)C(=O)OC(C)(C)O1. The molecule has 1 fully saturated rings. The molecule has 1 unspecified atom stereocenters. The van der Waals surface area contributed by atoms with Crippen LogP contribution in [0.3, 0.4) is 0 Å². The van der Waals surface area contributed by atoms with Gasteiger partial charge in [-0.3, -0.25) is 0 Å². The number of hydrogen-bond acceptors (Lipinski definition) is 9. The summed E-state index contributed by atoms with van der Waals surface area (Å²) in [6.07, 6.45) is -0.382. The lowest BCUT2D eigenvalue weighted by Gasteiger charge is -2.49. The van der Waals surface area contributed by atoms with Gasteiger partial charge in [0.2, 0.25) is 5.79 Å². The molecule has 1 saturated heterocycles. The number of hydrogen-bond donors (Lipinski definition) is 0. The van der Waals surface area contributed by atoms with Crippen LogP contribution in [0.25, 0.3) is 10.4 Å². The summed E-state index contributed by atoms with van der Waals surface area (Å²) < 4.78 is 39.6. The number of rotatable bonds is 16. The highest BCUT2D eigenvalue weighted by atomic mass is 28.4. The molecule has 2 aromatic rings. The number of nitrogens with zero attached hydrogens (tertiary/aromatic N) is 4. The van der Waals surface area contributed by atoms with Crippen molar-refractivity contribution < 1.29 is 32.9 Å². The molecule has 54 heavy (non-hydrogen) atoms. The summed E-state index contributed by atoms with van der Waals surface area (Å²) in [5, 5.41) is 6.12. The van der Waals surface area contributed by atoms with Crippen LogP contribution >= 0.6 is 0 Å². The lowest BCUT2D eigenvalue weighted by atomic mass is 9.80. The summed E-state index contributed by atoms with van der Waals surface area (Å²) >= 11 is 0. The van der Waals surface area contributed by atoms with E-state index in [-0.39, 0.29) is 35.6 Å². The van der Waals surface area contributed by atoms with Crippen molar-refractivity contribution in [3.8, 4) is 0 Å². The van der Waals surface area contributed by atoms with Crippen molar-refractivity contribution in [2.24, 2.45) is 22.9 Å². The van der Waals surface area contributed by atoms with E-state index in [4.69, 9.17) is 33.6 Å². The molecule has 0 N–H and O–H groups in total. The molecule has 12 heteroatoms. The summed E-state index contributed by atoms with van der Waals surface area (Å²) in [7, 11) is 2.99. The van der Waals surface area contributed by atoms with Gasteiger partial charge in [0.25, 0.3) is 8.32 Å². The lowest BCUT2D eigenvalue weighted by molar-refractivity contribution is -0.286. The lowest BCUT2D eigenvalue weighted by Crippen LogP contribution is -2.67. The van der Waals surface area contributed by atoms with Gasteiger partial charge in [-0.1, -0.05) is 107 Å². The second-order valence-electron chi connectivity index (χ2n) is 17.2. The molecule has 0 radical (unpaired) electrons. The molecule has 2 heterocycles. The number of carbonyl (C=O) groups excluding carboxylic acids is 1. The van der Waals surface area contributed by atoms with Gasteiger partial charge in [0.05, 0.1) is 29.9 Å². The Morgan fingerprint density at radius 2 is 1.59 bits per heavy atom. The summed E-state index contributed by atoms with van der Waals surface area (Å²) in [4.78, 5) is 18.3. The number of ether oxygens (including phenoxy) is 5. The highest BCUT2D eigenvalue weighted by Gasteiger charge is 2.52. The largest absolute Gasteiger partial charge is 0.456 e. The number of azide groups is 1. The Balaban J connectivity index is 1.74. The second-order valence-corrected chi connectivity index (χ2v) is 21.5. The first-order valence-corrected chi connectivity index (χ1v) is 21.1. The zero-order valence-corrected chi connectivity index (χ0v) is 35.8. The molecule has 0 saturated carbocycles. The molecule has 298 valence electrons. The Morgan fingerprint density at radius 1 is 1.02 bits per heavy atom. The molecule has 2 aromatic carbocycles. The Bertz CT molecular complexity index is 1590. The van der Waals surface area contributed by atoms with Crippen LogP contribution in [0.4, 0.5) is 0 Å². The third-order valence-electron chi connectivity index (χ3n) is 11.2. The zero-order valence-electron chi connectivity index (χ0n) is 34.8. The van der Waals surface area contributed by atoms with Crippen molar-refractivity contribution in [1.29, 1.82) is 0 Å². The number of benzene rings is 2. The van der Waals surface area contributed by atoms with Crippen LogP contribution in [0.15, 0.2) is 77.1 Å². The quantitative estimate of drug-likeness (QED) is 0.0563. The van der Waals surface area contributed by atoms with Crippen LogP contribution in [0, 0.1) is 17.8 Å². The fourth-order valence-electron chi connectivity index (χ4n) is 8.48. The molecule has 4 rings (SSSR count). The molecular formula is C42H64N4O7Si. The van der Waals surface area contributed by atoms with E-state index in [2.05, 4.69) is 117 Å². The first kappa shape index (κ1) is 43.5. The van der Waals surface area contributed by atoms with Crippen LogP contribution in [-0.2, 0) is 32.9 Å². The summed E-state index contributed by atoms with van der Waals surface area (Å²) in [6, 6.07) is 21.4. The Morgan fingerprint density at radius 3 is 2.09 bits per heavy atom. The summed E-state index contributed by atoms with van der Waals surface area (Å²) in [5.41, 5.74) is 8.60. The van der Waals surface area contributed by atoms with E-state index in [1.54, 1.807) is 27.9 Å². The molecule has 0 aromatic heterocycles. The molecule has 0 amide bonds.